The number of aliphatic hydroxyl groups is 1. The number of hydrogen-bond donors (Lipinski definition) is 1. The van der Waals surface area contributed by atoms with Crippen molar-refractivity contribution in [1.29, 1.82) is 0 Å². The lowest BCUT2D eigenvalue weighted by atomic mass is 9.95. The summed E-state index contributed by atoms with van der Waals surface area (Å²) >= 11 is 9.69. The molecule has 0 aliphatic carbocycles. The number of nitrogens with zero attached hydrogens (tertiary/aromatic N) is 1. The van der Waals surface area contributed by atoms with Gasteiger partial charge in [-0.05, 0) is 48.0 Å². The molecule has 0 saturated carbocycles. The molecule has 1 aliphatic rings. The number of benzene rings is 3. The van der Waals surface area contributed by atoms with Crippen LogP contribution in [0.25, 0.3) is 5.76 Å². The van der Waals surface area contributed by atoms with Crippen molar-refractivity contribution in [1.82, 2.24) is 0 Å². The number of ether oxygens (including phenoxy) is 1. The highest BCUT2D eigenvalue weighted by Gasteiger charge is 2.47. The summed E-state index contributed by atoms with van der Waals surface area (Å²) in [5.74, 6) is -1.40. The Bertz CT molecular complexity index is 1190. The topological polar surface area (TPSA) is 66.8 Å². The van der Waals surface area contributed by atoms with Gasteiger partial charge in [0, 0.05) is 15.7 Å². The van der Waals surface area contributed by atoms with Gasteiger partial charge in [-0.2, -0.15) is 0 Å². The third kappa shape index (κ3) is 3.84. The molecule has 1 N–H and O–H groups in total. The summed E-state index contributed by atoms with van der Waals surface area (Å²) in [6.07, 6.45) is 0. The van der Waals surface area contributed by atoms with Crippen LogP contribution in [-0.4, -0.2) is 23.9 Å². The summed E-state index contributed by atoms with van der Waals surface area (Å²) in [5, 5.41) is 11.4. The van der Waals surface area contributed by atoms with Crippen LogP contribution in [0.3, 0.4) is 0 Å². The van der Waals surface area contributed by atoms with Crippen LogP contribution in [-0.2, 0) is 9.59 Å². The smallest absolute Gasteiger partial charge is 0.300 e. The summed E-state index contributed by atoms with van der Waals surface area (Å²) in [6.45, 7) is 0. The average Bonchev–Trinajstić information content (AvgIpc) is 3.05. The molecule has 5 nitrogen and oxygen atoms in total. The molecule has 0 aromatic heterocycles. The Morgan fingerprint density at radius 3 is 2.35 bits per heavy atom. The van der Waals surface area contributed by atoms with Crippen molar-refractivity contribution < 1.29 is 19.4 Å². The molecule has 1 fully saturated rings. The highest BCUT2D eigenvalue weighted by Crippen LogP contribution is 2.43. The molecule has 3 aromatic rings. The van der Waals surface area contributed by atoms with Crippen LogP contribution in [0.4, 0.5) is 5.69 Å². The number of amides is 1. The number of anilines is 1. The number of rotatable bonds is 4. The lowest BCUT2D eigenvalue weighted by Crippen LogP contribution is -2.29. The van der Waals surface area contributed by atoms with Gasteiger partial charge in [-0.15, -0.1) is 0 Å². The maximum Gasteiger partial charge on any atom is 0.300 e. The van der Waals surface area contributed by atoms with E-state index in [9.17, 15) is 14.7 Å². The molecule has 1 atom stereocenters. The van der Waals surface area contributed by atoms with Gasteiger partial charge in [-0.25, -0.2) is 0 Å². The second-order valence-corrected chi connectivity index (χ2v) is 8.22. The maximum atomic E-state index is 13.1. The van der Waals surface area contributed by atoms with Crippen molar-refractivity contribution in [2.75, 3.05) is 12.0 Å². The minimum absolute atomic E-state index is 0.0331. The minimum Gasteiger partial charge on any atom is -0.507 e. The zero-order valence-corrected chi connectivity index (χ0v) is 18.7. The molecule has 1 saturated heterocycles. The first-order chi connectivity index (χ1) is 14.9. The van der Waals surface area contributed by atoms with Crippen LogP contribution in [0.5, 0.6) is 5.75 Å². The number of ketones is 1. The van der Waals surface area contributed by atoms with Crippen molar-refractivity contribution in [3.63, 3.8) is 0 Å². The van der Waals surface area contributed by atoms with E-state index < -0.39 is 17.7 Å². The second-order valence-electron chi connectivity index (χ2n) is 6.90. The standard InChI is InChI=1S/C24H17BrClNO4/c1-31-17-11-12-19(26)18(13-17)22(28)20-21(14-5-3-2-4-6-14)27(24(30)23(20)29)16-9-7-15(25)8-10-16/h2-13,21,28H,1H3/b22-20+. The Morgan fingerprint density at radius 2 is 1.71 bits per heavy atom. The molecule has 1 aliphatic heterocycles. The van der Waals surface area contributed by atoms with Gasteiger partial charge in [-0.1, -0.05) is 57.9 Å². The van der Waals surface area contributed by atoms with Gasteiger partial charge in [0.1, 0.15) is 11.5 Å². The molecule has 1 heterocycles. The molecular weight excluding hydrogens is 482 g/mol. The monoisotopic (exact) mass is 497 g/mol. The summed E-state index contributed by atoms with van der Waals surface area (Å²) in [7, 11) is 1.49. The summed E-state index contributed by atoms with van der Waals surface area (Å²) in [4.78, 5) is 27.6. The Morgan fingerprint density at radius 1 is 1.03 bits per heavy atom. The van der Waals surface area contributed by atoms with Crippen LogP contribution in [0.1, 0.15) is 17.2 Å². The largest absolute Gasteiger partial charge is 0.507 e. The van der Waals surface area contributed by atoms with Crippen molar-refractivity contribution in [2.45, 2.75) is 6.04 Å². The van der Waals surface area contributed by atoms with E-state index in [-0.39, 0.29) is 21.9 Å². The predicted molar refractivity (Wildman–Crippen MR) is 123 cm³/mol. The quantitative estimate of drug-likeness (QED) is 0.283. The van der Waals surface area contributed by atoms with Gasteiger partial charge in [0.2, 0.25) is 0 Å². The van der Waals surface area contributed by atoms with Crippen LogP contribution >= 0.6 is 27.5 Å². The molecule has 156 valence electrons. The second kappa shape index (κ2) is 8.57. The number of Topliss-reactive ketones (excluding diaryl/α,β-unsaturated/α-hetero) is 1. The lowest BCUT2D eigenvalue weighted by Gasteiger charge is -2.25. The van der Waals surface area contributed by atoms with Crippen LogP contribution < -0.4 is 9.64 Å². The number of halogens is 2. The van der Waals surface area contributed by atoms with E-state index >= 15 is 0 Å². The molecule has 7 heteroatoms. The Balaban J connectivity index is 1.96. The fourth-order valence-corrected chi connectivity index (χ4v) is 4.08. The van der Waals surface area contributed by atoms with Crippen molar-refractivity contribution in [3.05, 3.63) is 99.0 Å². The van der Waals surface area contributed by atoms with Gasteiger partial charge in [-0.3, -0.25) is 14.5 Å². The molecule has 4 rings (SSSR count). The zero-order valence-electron chi connectivity index (χ0n) is 16.4. The molecule has 1 amide bonds. The SMILES string of the molecule is COc1ccc(Cl)c(/C(O)=C2\C(=O)C(=O)N(c3ccc(Br)cc3)C2c2ccccc2)c1. The molecule has 0 bridgehead atoms. The Hall–Kier alpha value is -3.09. The number of aliphatic hydroxyl groups excluding tert-OH is 1. The van der Waals surface area contributed by atoms with Gasteiger partial charge < -0.3 is 9.84 Å². The minimum atomic E-state index is -0.815. The molecule has 31 heavy (non-hydrogen) atoms. The zero-order chi connectivity index (χ0) is 22.1. The molecule has 0 radical (unpaired) electrons. The third-order valence-corrected chi connectivity index (χ3v) is 5.95. The third-order valence-electron chi connectivity index (χ3n) is 5.09. The Kier molecular flexibility index (Phi) is 5.85. The summed E-state index contributed by atoms with van der Waals surface area (Å²) in [5.41, 5.74) is 1.41. The van der Waals surface area contributed by atoms with Crippen LogP contribution in [0.2, 0.25) is 5.02 Å². The van der Waals surface area contributed by atoms with Crippen LogP contribution in [0, 0.1) is 0 Å². The van der Waals surface area contributed by atoms with Gasteiger partial charge in [0.05, 0.1) is 23.7 Å². The molecular formula is C24H17BrClNO4. The van der Waals surface area contributed by atoms with E-state index in [4.69, 9.17) is 16.3 Å². The van der Waals surface area contributed by atoms with Gasteiger partial charge >= 0.3 is 0 Å². The molecule has 3 aromatic carbocycles. The van der Waals surface area contributed by atoms with Crippen molar-refractivity contribution >= 4 is 50.7 Å². The highest BCUT2D eigenvalue weighted by molar-refractivity contribution is 9.10. The normalized spacial score (nSPS) is 17.8. The van der Waals surface area contributed by atoms with Crippen molar-refractivity contribution in [2.24, 2.45) is 0 Å². The summed E-state index contributed by atoms with van der Waals surface area (Å²) in [6, 6.07) is 20.1. The first kappa shape index (κ1) is 21.2. The van der Waals surface area contributed by atoms with Gasteiger partial charge in [0.25, 0.3) is 11.7 Å². The van der Waals surface area contributed by atoms with E-state index in [2.05, 4.69) is 15.9 Å². The van der Waals surface area contributed by atoms with E-state index in [1.54, 1.807) is 36.4 Å². The first-order valence-electron chi connectivity index (χ1n) is 9.38. The fraction of sp³-hybridized carbons (Fsp3) is 0.0833. The van der Waals surface area contributed by atoms with E-state index in [0.29, 0.717) is 17.0 Å². The fourth-order valence-electron chi connectivity index (χ4n) is 3.61. The number of carbonyl (C=O) groups excluding carboxylic acids is 2. The Labute approximate surface area is 192 Å². The lowest BCUT2D eigenvalue weighted by molar-refractivity contribution is -0.132. The number of methoxy groups -OCH3 is 1. The average molecular weight is 499 g/mol. The van der Waals surface area contributed by atoms with E-state index in [0.717, 1.165) is 4.47 Å². The maximum absolute atomic E-state index is 13.1. The highest BCUT2D eigenvalue weighted by atomic mass is 79.9. The van der Waals surface area contributed by atoms with Crippen molar-refractivity contribution in [3.8, 4) is 5.75 Å². The van der Waals surface area contributed by atoms with E-state index in [1.165, 1.54) is 18.1 Å². The molecule has 1 unspecified atom stereocenters. The van der Waals surface area contributed by atoms with E-state index in [1.807, 2.05) is 30.3 Å². The first-order valence-corrected chi connectivity index (χ1v) is 10.5. The predicted octanol–water partition coefficient (Wildman–Crippen LogP) is 5.74. The summed E-state index contributed by atoms with van der Waals surface area (Å²) < 4.78 is 6.06. The molecule has 0 spiro atoms. The number of hydrogen-bond acceptors (Lipinski definition) is 4. The number of carbonyl (C=O) groups is 2. The van der Waals surface area contributed by atoms with Gasteiger partial charge in [0.15, 0.2) is 0 Å². The van der Waals surface area contributed by atoms with Crippen LogP contribution in [0.15, 0.2) is 82.8 Å².